The van der Waals surface area contributed by atoms with E-state index >= 15 is 0 Å². The molecule has 0 bridgehead atoms. The number of carbonyl (C=O) groups excluding carboxylic acids is 1. The van der Waals surface area contributed by atoms with E-state index in [-0.39, 0.29) is 5.75 Å². The van der Waals surface area contributed by atoms with Gasteiger partial charge in [0.15, 0.2) is 0 Å². The molecule has 0 saturated carbocycles. The highest BCUT2D eigenvalue weighted by atomic mass is 35.5. The molecule has 2 aromatic carbocycles. The smallest absolute Gasteiger partial charge is 0.308 e. The second kappa shape index (κ2) is 7.55. The zero-order valence-corrected chi connectivity index (χ0v) is 15.9. The lowest BCUT2D eigenvalue weighted by atomic mass is 10.1. The Balaban J connectivity index is 1.74. The molecule has 0 unspecified atom stereocenters. The molecule has 0 aliphatic carbocycles. The molecule has 0 fully saturated rings. The van der Waals surface area contributed by atoms with Gasteiger partial charge in [-0.3, -0.25) is 4.31 Å². The van der Waals surface area contributed by atoms with E-state index in [0.717, 1.165) is 5.56 Å². The van der Waals surface area contributed by atoms with E-state index in [2.05, 4.69) is 10.6 Å². The molecule has 1 heterocycles. The summed E-state index contributed by atoms with van der Waals surface area (Å²) in [7, 11) is -3.33. The molecule has 0 atom stereocenters. The van der Waals surface area contributed by atoms with E-state index < -0.39 is 16.1 Å². The molecule has 0 aromatic heterocycles. The van der Waals surface area contributed by atoms with Gasteiger partial charge in [-0.15, -0.1) is 0 Å². The molecule has 26 heavy (non-hydrogen) atoms. The number of carbonyl (C=O) groups is 1. The van der Waals surface area contributed by atoms with Gasteiger partial charge < -0.3 is 10.6 Å². The highest BCUT2D eigenvalue weighted by Crippen LogP contribution is 2.33. The average molecular weight is 394 g/mol. The molecule has 2 N–H and O–H groups in total. The third-order valence-corrected chi connectivity index (χ3v) is 6.32. The largest absolute Gasteiger partial charge is 0.323 e. The van der Waals surface area contributed by atoms with Crippen LogP contribution in [0.5, 0.6) is 0 Å². The van der Waals surface area contributed by atoms with Crippen molar-refractivity contribution >= 4 is 44.7 Å². The van der Waals surface area contributed by atoms with Gasteiger partial charge in [-0.05, 0) is 54.8 Å². The Morgan fingerprint density at radius 2 is 1.77 bits per heavy atom. The van der Waals surface area contributed by atoms with Crippen molar-refractivity contribution in [3.05, 3.63) is 53.1 Å². The van der Waals surface area contributed by atoms with Crippen LogP contribution < -0.4 is 14.9 Å². The molecule has 1 aliphatic rings. The maximum Gasteiger partial charge on any atom is 0.323 e. The maximum absolute atomic E-state index is 12.4. The standard InChI is InChI=1S/C18H20ClN3O3S/c1-2-11-26(24,25)22-10-9-13-3-6-16(12-17(13)22)21-18(23)20-15-7-4-14(19)5-8-15/h3-8,12H,2,9-11H2,1H3,(H2,20,21,23). The van der Waals surface area contributed by atoms with Gasteiger partial charge in [0.25, 0.3) is 0 Å². The SMILES string of the molecule is CCCS(=O)(=O)N1CCc2ccc(NC(=O)Nc3ccc(Cl)cc3)cc21. The minimum Gasteiger partial charge on any atom is -0.308 e. The first-order chi connectivity index (χ1) is 12.4. The van der Waals surface area contributed by atoms with Crippen LogP contribution in [-0.4, -0.2) is 26.7 Å². The molecule has 0 saturated heterocycles. The predicted molar refractivity (Wildman–Crippen MR) is 106 cm³/mol. The number of hydrogen-bond donors (Lipinski definition) is 2. The molecule has 0 radical (unpaired) electrons. The van der Waals surface area contributed by atoms with E-state index in [0.29, 0.717) is 41.5 Å². The fourth-order valence-corrected chi connectivity index (χ4v) is 4.61. The van der Waals surface area contributed by atoms with E-state index in [4.69, 9.17) is 11.6 Å². The first-order valence-corrected chi connectivity index (χ1v) is 10.3. The van der Waals surface area contributed by atoms with Gasteiger partial charge in [0.1, 0.15) is 0 Å². The Labute approximate surface area is 158 Å². The molecular weight excluding hydrogens is 374 g/mol. The number of hydrogen-bond acceptors (Lipinski definition) is 3. The Morgan fingerprint density at radius 1 is 1.12 bits per heavy atom. The minimum atomic E-state index is -3.33. The van der Waals surface area contributed by atoms with E-state index in [1.807, 2.05) is 13.0 Å². The molecule has 1 aliphatic heterocycles. The van der Waals surface area contributed by atoms with Crippen LogP contribution >= 0.6 is 11.6 Å². The summed E-state index contributed by atoms with van der Waals surface area (Å²) in [6.45, 7) is 2.28. The summed E-state index contributed by atoms with van der Waals surface area (Å²) in [6.07, 6.45) is 1.24. The Hall–Kier alpha value is -2.25. The third-order valence-electron chi connectivity index (χ3n) is 4.10. The summed E-state index contributed by atoms with van der Waals surface area (Å²) in [5, 5.41) is 6.03. The van der Waals surface area contributed by atoms with Gasteiger partial charge in [-0.25, -0.2) is 13.2 Å². The summed E-state index contributed by atoms with van der Waals surface area (Å²) >= 11 is 5.82. The topological polar surface area (TPSA) is 78.5 Å². The molecule has 2 aromatic rings. The maximum atomic E-state index is 12.4. The number of urea groups is 1. The van der Waals surface area contributed by atoms with E-state index in [1.54, 1.807) is 36.4 Å². The lowest BCUT2D eigenvalue weighted by molar-refractivity contribution is 0.262. The van der Waals surface area contributed by atoms with Crippen molar-refractivity contribution in [1.29, 1.82) is 0 Å². The van der Waals surface area contributed by atoms with Gasteiger partial charge in [0.2, 0.25) is 10.0 Å². The van der Waals surface area contributed by atoms with Crippen LogP contribution in [0.25, 0.3) is 0 Å². The van der Waals surface area contributed by atoms with Crippen molar-refractivity contribution in [3.8, 4) is 0 Å². The fraction of sp³-hybridized carbons (Fsp3) is 0.278. The zero-order valence-electron chi connectivity index (χ0n) is 14.3. The zero-order chi connectivity index (χ0) is 18.7. The van der Waals surface area contributed by atoms with Crippen LogP contribution in [0, 0.1) is 0 Å². The summed E-state index contributed by atoms with van der Waals surface area (Å²) in [5.74, 6) is 0.112. The van der Waals surface area contributed by atoms with Crippen molar-refractivity contribution in [2.24, 2.45) is 0 Å². The lowest BCUT2D eigenvalue weighted by Crippen LogP contribution is -2.31. The van der Waals surface area contributed by atoms with Crippen molar-refractivity contribution in [1.82, 2.24) is 0 Å². The van der Waals surface area contributed by atoms with Crippen molar-refractivity contribution in [2.75, 3.05) is 27.2 Å². The van der Waals surface area contributed by atoms with Crippen LogP contribution in [-0.2, 0) is 16.4 Å². The number of sulfonamides is 1. The number of nitrogens with one attached hydrogen (secondary N) is 2. The quantitative estimate of drug-likeness (QED) is 0.803. The van der Waals surface area contributed by atoms with Crippen molar-refractivity contribution in [2.45, 2.75) is 19.8 Å². The molecule has 6 nitrogen and oxygen atoms in total. The van der Waals surface area contributed by atoms with Crippen LogP contribution in [0.15, 0.2) is 42.5 Å². The molecule has 2 amide bonds. The fourth-order valence-electron chi connectivity index (χ4n) is 2.91. The second-order valence-electron chi connectivity index (χ2n) is 6.07. The number of nitrogens with zero attached hydrogens (tertiary/aromatic N) is 1. The van der Waals surface area contributed by atoms with E-state index in [9.17, 15) is 13.2 Å². The number of halogens is 1. The number of fused-ring (bicyclic) bond motifs is 1. The molecule has 138 valence electrons. The summed E-state index contributed by atoms with van der Waals surface area (Å²) in [6, 6.07) is 11.7. The van der Waals surface area contributed by atoms with Crippen molar-refractivity contribution in [3.63, 3.8) is 0 Å². The first kappa shape index (κ1) is 18.5. The summed E-state index contributed by atoms with van der Waals surface area (Å²) in [4.78, 5) is 12.2. The second-order valence-corrected chi connectivity index (χ2v) is 8.52. The van der Waals surface area contributed by atoms with Gasteiger partial charge in [-0.1, -0.05) is 24.6 Å². The summed E-state index contributed by atoms with van der Waals surface area (Å²) in [5.41, 5.74) is 2.75. The number of amides is 2. The molecule has 0 spiro atoms. The molecular formula is C18H20ClN3O3S. The number of rotatable bonds is 5. The highest BCUT2D eigenvalue weighted by Gasteiger charge is 2.28. The van der Waals surface area contributed by atoms with E-state index in [1.165, 1.54) is 4.31 Å². The average Bonchev–Trinajstić information content (AvgIpc) is 3.01. The van der Waals surface area contributed by atoms with Gasteiger partial charge in [0.05, 0.1) is 11.4 Å². The Morgan fingerprint density at radius 3 is 2.46 bits per heavy atom. The van der Waals surface area contributed by atoms with Crippen LogP contribution in [0.1, 0.15) is 18.9 Å². The Bertz CT molecular complexity index is 914. The van der Waals surface area contributed by atoms with Gasteiger partial charge >= 0.3 is 6.03 Å². The van der Waals surface area contributed by atoms with Crippen LogP contribution in [0.4, 0.5) is 21.9 Å². The molecule has 8 heteroatoms. The van der Waals surface area contributed by atoms with Crippen LogP contribution in [0.3, 0.4) is 0 Å². The van der Waals surface area contributed by atoms with Gasteiger partial charge in [-0.2, -0.15) is 0 Å². The van der Waals surface area contributed by atoms with Gasteiger partial charge in [0, 0.05) is 22.9 Å². The highest BCUT2D eigenvalue weighted by molar-refractivity contribution is 7.92. The number of benzene rings is 2. The predicted octanol–water partition coefficient (Wildman–Crippen LogP) is 4.09. The molecule has 3 rings (SSSR count). The van der Waals surface area contributed by atoms with Crippen molar-refractivity contribution < 1.29 is 13.2 Å². The normalized spacial score (nSPS) is 13.4. The first-order valence-electron chi connectivity index (χ1n) is 8.36. The number of anilines is 3. The minimum absolute atomic E-state index is 0.112. The lowest BCUT2D eigenvalue weighted by Gasteiger charge is -2.19. The Kier molecular flexibility index (Phi) is 5.38. The van der Waals surface area contributed by atoms with Crippen LogP contribution in [0.2, 0.25) is 5.02 Å². The summed E-state index contributed by atoms with van der Waals surface area (Å²) < 4.78 is 26.3. The monoisotopic (exact) mass is 393 g/mol. The third kappa shape index (κ3) is 4.11.